The summed E-state index contributed by atoms with van der Waals surface area (Å²) < 4.78 is 0. The van der Waals surface area contributed by atoms with E-state index in [9.17, 15) is 5.11 Å². The average Bonchev–Trinajstić information content (AvgIpc) is 2.40. The van der Waals surface area contributed by atoms with Crippen molar-refractivity contribution in [3.63, 3.8) is 0 Å². The van der Waals surface area contributed by atoms with Crippen molar-refractivity contribution < 1.29 is 5.11 Å². The minimum Gasteiger partial charge on any atom is -0.388 e. The van der Waals surface area contributed by atoms with Crippen molar-refractivity contribution in [2.24, 2.45) is 0 Å². The Kier molecular flexibility index (Phi) is 3.25. The van der Waals surface area contributed by atoms with Crippen LogP contribution in [0.15, 0.2) is 54.9 Å². The van der Waals surface area contributed by atoms with E-state index < -0.39 is 6.10 Å². The highest BCUT2D eigenvalue weighted by molar-refractivity contribution is 5.28. The number of aliphatic hydroxyl groups is 1. The van der Waals surface area contributed by atoms with Crippen LogP contribution >= 0.6 is 0 Å². The van der Waals surface area contributed by atoms with Crippen LogP contribution in [0.25, 0.3) is 0 Å². The number of nitrogens with zero attached hydrogens (tertiary/aromatic N) is 1. The van der Waals surface area contributed by atoms with E-state index >= 15 is 0 Å². The summed E-state index contributed by atoms with van der Waals surface area (Å²) in [5.74, 6) is 0. The molecule has 2 rings (SSSR count). The van der Waals surface area contributed by atoms with Crippen LogP contribution in [0.2, 0.25) is 0 Å². The third-order valence-electron chi connectivity index (χ3n) is 3.20. The quantitative estimate of drug-likeness (QED) is 0.874. The van der Waals surface area contributed by atoms with Crippen LogP contribution in [0.5, 0.6) is 0 Å². The first-order chi connectivity index (χ1) is 8.12. The molecule has 0 amide bonds. The molecule has 1 aromatic carbocycles. The Morgan fingerprint density at radius 1 is 1.06 bits per heavy atom. The highest BCUT2D eigenvalue weighted by Crippen LogP contribution is 2.36. The summed E-state index contributed by atoms with van der Waals surface area (Å²) in [5.41, 5.74) is 1.62. The van der Waals surface area contributed by atoms with Crippen molar-refractivity contribution in [2.75, 3.05) is 0 Å². The zero-order valence-corrected chi connectivity index (χ0v) is 10.2. The van der Waals surface area contributed by atoms with E-state index in [4.69, 9.17) is 0 Å². The molecule has 0 aliphatic carbocycles. The monoisotopic (exact) mass is 227 g/mol. The van der Waals surface area contributed by atoms with Crippen LogP contribution in [-0.2, 0) is 5.41 Å². The summed E-state index contributed by atoms with van der Waals surface area (Å²) in [6, 6.07) is 13.6. The molecule has 2 nitrogen and oxygen atoms in total. The molecule has 1 atom stereocenters. The molecule has 88 valence electrons. The number of rotatable bonds is 3. The fraction of sp³-hybridized carbons (Fsp3) is 0.267. The lowest BCUT2D eigenvalue weighted by molar-refractivity contribution is 0.100. The Morgan fingerprint density at radius 2 is 1.76 bits per heavy atom. The summed E-state index contributed by atoms with van der Waals surface area (Å²) in [4.78, 5) is 4.12. The van der Waals surface area contributed by atoms with Crippen molar-refractivity contribution in [3.8, 4) is 0 Å². The van der Waals surface area contributed by atoms with Gasteiger partial charge < -0.3 is 5.11 Å². The number of hydrogen-bond acceptors (Lipinski definition) is 2. The van der Waals surface area contributed by atoms with Gasteiger partial charge in [-0.1, -0.05) is 50.2 Å². The molecule has 2 aromatic rings. The minimum atomic E-state index is -0.534. The van der Waals surface area contributed by atoms with Gasteiger partial charge in [-0.15, -0.1) is 0 Å². The largest absolute Gasteiger partial charge is 0.388 e. The van der Waals surface area contributed by atoms with Crippen LogP contribution in [0.3, 0.4) is 0 Å². The zero-order chi connectivity index (χ0) is 12.3. The minimum absolute atomic E-state index is 0.352. The Balaban J connectivity index is 2.33. The van der Waals surface area contributed by atoms with Gasteiger partial charge in [-0.05, 0) is 17.2 Å². The molecule has 0 spiro atoms. The Hall–Kier alpha value is -1.67. The number of aromatic nitrogens is 1. The fourth-order valence-electron chi connectivity index (χ4n) is 1.95. The summed E-state index contributed by atoms with van der Waals surface area (Å²) in [6.45, 7) is 4.06. The SMILES string of the molecule is CC(C)(c1cccnc1)[C@H](O)c1ccccc1. The second kappa shape index (κ2) is 4.68. The van der Waals surface area contributed by atoms with Gasteiger partial charge in [0.15, 0.2) is 0 Å². The lowest BCUT2D eigenvalue weighted by Crippen LogP contribution is -2.26. The predicted octanol–water partition coefficient (Wildman–Crippen LogP) is 3.09. The molecular weight excluding hydrogens is 210 g/mol. The van der Waals surface area contributed by atoms with Gasteiger partial charge in [0.2, 0.25) is 0 Å². The molecule has 0 aliphatic rings. The topological polar surface area (TPSA) is 33.1 Å². The third-order valence-corrected chi connectivity index (χ3v) is 3.20. The maximum atomic E-state index is 10.5. The molecule has 0 aliphatic heterocycles. The fourth-order valence-corrected chi connectivity index (χ4v) is 1.95. The summed E-state index contributed by atoms with van der Waals surface area (Å²) in [6.07, 6.45) is 3.02. The van der Waals surface area contributed by atoms with E-state index in [0.29, 0.717) is 0 Å². The maximum Gasteiger partial charge on any atom is 0.0881 e. The van der Waals surface area contributed by atoms with Gasteiger partial charge in [-0.25, -0.2) is 0 Å². The van der Waals surface area contributed by atoms with E-state index in [1.807, 2.05) is 62.5 Å². The van der Waals surface area contributed by atoms with Crippen LogP contribution in [0.1, 0.15) is 31.1 Å². The lowest BCUT2D eigenvalue weighted by atomic mass is 9.77. The van der Waals surface area contributed by atoms with E-state index in [1.165, 1.54) is 0 Å². The smallest absolute Gasteiger partial charge is 0.0881 e. The van der Waals surface area contributed by atoms with Crippen molar-refractivity contribution in [1.29, 1.82) is 0 Å². The average molecular weight is 227 g/mol. The summed E-state index contributed by atoms with van der Waals surface area (Å²) >= 11 is 0. The molecule has 0 bridgehead atoms. The van der Waals surface area contributed by atoms with Crippen molar-refractivity contribution >= 4 is 0 Å². The summed E-state index contributed by atoms with van der Waals surface area (Å²) in [5, 5.41) is 10.5. The molecule has 1 N–H and O–H groups in total. The first kappa shape index (κ1) is 11.8. The molecule has 0 radical (unpaired) electrons. The van der Waals surface area contributed by atoms with Crippen LogP contribution < -0.4 is 0 Å². The van der Waals surface area contributed by atoms with Crippen LogP contribution in [0, 0.1) is 0 Å². The normalized spacial score (nSPS) is 13.4. The molecule has 17 heavy (non-hydrogen) atoms. The van der Waals surface area contributed by atoms with E-state index in [1.54, 1.807) is 6.20 Å². The van der Waals surface area contributed by atoms with Gasteiger partial charge >= 0.3 is 0 Å². The van der Waals surface area contributed by atoms with Crippen molar-refractivity contribution in [2.45, 2.75) is 25.4 Å². The maximum absolute atomic E-state index is 10.5. The summed E-state index contributed by atoms with van der Waals surface area (Å²) in [7, 11) is 0. The zero-order valence-electron chi connectivity index (χ0n) is 10.2. The first-order valence-corrected chi connectivity index (χ1v) is 5.76. The van der Waals surface area contributed by atoms with Crippen molar-refractivity contribution in [3.05, 3.63) is 66.0 Å². The molecule has 0 saturated heterocycles. The Bertz CT molecular complexity index is 465. The van der Waals surface area contributed by atoms with Gasteiger partial charge in [0.1, 0.15) is 0 Å². The Morgan fingerprint density at radius 3 is 2.35 bits per heavy atom. The molecular formula is C15H17NO. The molecule has 1 aromatic heterocycles. The Labute approximate surface area is 102 Å². The second-order valence-corrected chi connectivity index (χ2v) is 4.78. The number of aliphatic hydroxyl groups excluding tert-OH is 1. The highest BCUT2D eigenvalue weighted by atomic mass is 16.3. The predicted molar refractivity (Wildman–Crippen MR) is 68.7 cm³/mol. The molecule has 0 saturated carbocycles. The van der Waals surface area contributed by atoms with Gasteiger partial charge in [0.25, 0.3) is 0 Å². The standard InChI is InChI=1S/C15H17NO/c1-15(2,13-9-6-10-16-11-13)14(17)12-7-4-3-5-8-12/h3-11,14,17H,1-2H3/t14-/m1/s1. The van der Waals surface area contributed by atoms with Gasteiger partial charge in [-0.2, -0.15) is 0 Å². The third kappa shape index (κ3) is 2.37. The van der Waals surface area contributed by atoms with Crippen LogP contribution in [-0.4, -0.2) is 10.1 Å². The number of pyridine rings is 1. The number of hydrogen-bond donors (Lipinski definition) is 1. The molecule has 2 heteroatoms. The molecule has 0 fully saturated rings. The number of benzene rings is 1. The van der Waals surface area contributed by atoms with Crippen LogP contribution in [0.4, 0.5) is 0 Å². The van der Waals surface area contributed by atoms with Crippen molar-refractivity contribution in [1.82, 2.24) is 4.98 Å². The second-order valence-electron chi connectivity index (χ2n) is 4.78. The first-order valence-electron chi connectivity index (χ1n) is 5.76. The van der Waals surface area contributed by atoms with Gasteiger partial charge in [-0.3, -0.25) is 4.98 Å². The van der Waals surface area contributed by atoms with E-state index in [2.05, 4.69) is 4.98 Å². The van der Waals surface area contributed by atoms with Gasteiger partial charge in [0.05, 0.1) is 6.10 Å². The van der Waals surface area contributed by atoms with E-state index in [-0.39, 0.29) is 5.41 Å². The molecule has 1 heterocycles. The molecule has 0 unspecified atom stereocenters. The highest BCUT2D eigenvalue weighted by Gasteiger charge is 2.30. The van der Waals surface area contributed by atoms with Gasteiger partial charge in [0, 0.05) is 17.8 Å². The van der Waals surface area contributed by atoms with E-state index in [0.717, 1.165) is 11.1 Å². The lowest BCUT2D eigenvalue weighted by Gasteiger charge is -2.31.